The monoisotopic (exact) mass is 421 g/mol. The second-order valence-corrected chi connectivity index (χ2v) is 7.13. The lowest BCUT2D eigenvalue weighted by atomic mass is 10.1. The molecule has 0 aliphatic heterocycles. The third-order valence-corrected chi connectivity index (χ3v) is 5.15. The Morgan fingerprint density at radius 3 is 2.64 bits per heavy atom. The van der Waals surface area contributed by atoms with Gasteiger partial charge in [-0.1, -0.05) is 31.2 Å². The molecule has 7 nitrogen and oxygen atoms in total. The number of halogens is 1. The number of pyridine rings is 1. The Morgan fingerprint density at radius 2 is 1.96 bits per heavy atom. The van der Waals surface area contributed by atoms with Gasteiger partial charge in [0.1, 0.15) is 11.4 Å². The molecule has 0 unspecified atom stereocenters. The Labute approximate surface area is 172 Å². The van der Waals surface area contributed by atoms with Gasteiger partial charge in [0.15, 0.2) is 0 Å². The molecule has 0 aliphatic rings. The van der Waals surface area contributed by atoms with Gasteiger partial charge in [0.05, 0.1) is 28.8 Å². The highest BCUT2D eigenvalue weighted by Crippen LogP contribution is 2.37. The van der Waals surface area contributed by atoms with Crippen LogP contribution in [-0.4, -0.2) is 40.5 Å². The minimum absolute atomic E-state index is 0. The minimum atomic E-state index is -0.631. The number of nitro benzene ring substituents is 1. The molecule has 0 aliphatic carbocycles. The minimum Gasteiger partial charge on any atom is -0.467 e. The summed E-state index contributed by atoms with van der Waals surface area (Å²) in [4.78, 5) is 28.0. The number of esters is 1. The zero-order valence-corrected chi connectivity index (χ0v) is 17.0. The topological polar surface area (TPSA) is 94.4 Å². The van der Waals surface area contributed by atoms with Gasteiger partial charge >= 0.3 is 5.97 Å². The lowest BCUT2D eigenvalue weighted by Gasteiger charge is -2.20. The van der Waals surface area contributed by atoms with Crippen molar-refractivity contribution in [2.24, 2.45) is 0 Å². The maximum Gasteiger partial charge on any atom is 0.329 e. The quantitative estimate of drug-likeness (QED) is 0.261. The standard InChI is InChI=1S/C19H19N3O4S.ClH/c1-3-27-11-15(19(23)26-2)21-18-12-7-4-5-8-13(12)20-14-9-6-10-16(17(14)18)22(24)25;/h4-10,15H,3,11H2,1-2H3,(H,20,21);1H/t15-;/m0./s1. The van der Waals surface area contributed by atoms with Crippen molar-refractivity contribution in [2.75, 3.05) is 23.9 Å². The van der Waals surface area contributed by atoms with Crippen LogP contribution in [-0.2, 0) is 9.53 Å². The van der Waals surface area contributed by atoms with E-state index in [1.54, 1.807) is 23.9 Å². The van der Waals surface area contributed by atoms with Crippen molar-refractivity contribution in [3.05, 3.63) is 52.6 Å². The van der Waals surface area contributed by atoms with Crippen LogP contribution in [0.1, 0.15) is 6.92 Å². The van der Waals surface area contributed by atoms with Gasteiger partial charge in [-0.25, -0.2) is 9.78 Å². The number of thioether (sulfide) groups is 1. The van der Waals surface area contributed by atoms with Gasteiger partial charge in [-0.05, 0) is 17.9 Å². The molecule has 2 aromatic carbocycles. The smallest absolute Gasteiger partial charge is 0.329 e. The molecule has 1 atom stereocenters. The number of carbonyl (C=O) groups is 1. The van der Waals surface area contributed by atoms with Gasteiger partial charge in [-0.3, -0.25) is 10.1 Å². The summed E-state index contributed by atoms with van der Waals surface area (Å²) < 4.78 is 4.92. The lowest BCUT2D eigenvalue weighted by molar-refractivity contribution is -0.383. The van der Waals surface area contributed by atoms with Crippen molar-refractivity contribution in [1.29, 1.82) is 0 Å². The SMILES string of the molecule is CCSC[C@H](Nc1c2ccccc2nc2cccc([N+](=O)[O-])c12)C(=O)OC.Cl. The van der Waals surface area contributed by atoms with E-state index in [2.05, 4.69) is 10.3 Å². The molecule has 148 valence electrons. The Kier molecular flexibility index (Phi) is 7.42. The Balaban J connectivity index is 0.00000280. The van der Waals surface area contributed by atoms with Crippen LogP contribution < -0.4 is 5.32 Å². The summed E-state index contributed by atoms with van der Waals surface area (Å²) in [6.07, 6.45) is 0. The number of carbonyl (C=O) groups excluding carboxylic acids is 1. The van der Waals surface area contributed by atoms with Crippen LogP contribution in [0.3, 0.4) is 0 Å². The summed E-state index contributed by atoms with van der Waals surface area (Å²) in [5.74, 6) is 0.915. The van der Waals surface area contributed by atoms with Crippen molar-refractivity contribution in [1.82, 2.24) is 4.98 Å². The average Bonchev–Trinajstić information content (AvgIpc) is 2.69. The first-order chi connectivity index (χ1) is 13.1. The summed E-state index contributed by atoms with van der Waals surface area (Å²) in [7, 11) is 1.33. The van der Waals surface area contributed by atoms with Gasteiger partial charge in [0.25, 0.3) is 5.69 Å². The average molecular weight is 422 g/mol. The number of hydrogen-bond acceptors (Lipinski definition) is 7. The molecule has 0 saturated carbocycles. The summed E-state index contributed by atoms with van der Waals surface area (Å²) >= 11 is 1.59. The van der Waals surface area contributed by atoms with Gasteiger partial charge in [-0.15, -0.1) is 12.4 Å². The van der Waals surface area contributed by atoms with Crippen LogP contribution >= 0.6 is 24.2 Å². The molecule has 0 fully saturated rings. The van der Waals surface area contributed by atoms with E-state index in [0.717, 1.165) is 11.1 Å². The highest BCUT2D eigenvalue weighted by molar-refractivity contribution is 7.99. The summed E-state index contributed by atoms with van der Waals surface area (Å²) in [5.41, 5.74) is 1.66. The Morgan fingerprint density at radius 1 is 1.25 bits per heavy atom. The van der Waals surface area contributed by atoms with Crippen LogP contribution in [0.4, 0.5) is 11.4 Å². The fourth-order valence-electron chi connectivity index (χ4n) is 2.95. The number of hydrogen-bond donors (Lipinski definition) is 1. The van der Waals surface area contributed by atoms with Crippen LogP contribution in [0.25, 0.3) is 21.8 Å². The van der Waals surface area contributed by atoms with Crippen molar-refractivity contribution in [2.45, 2.75) is 13.0 Å². The second kappa shape index (κ2) is 9.57. The number of nitro groups is 1. The fourth-order valence-corrected chi connectivity index (χ4v) is 3.64. The van der Waals surface area contributed by atoms with Crippen molar-refractivity contribution >= 4 is 63.3 Å². The number of non-ortho nitro benzene ring substituents is 1. The molecule has 3 rings (SSSR count). The molecule has 1 heterocycles. The van der Waals surface area contributed by atoms with Crippen LogP contribution in [0.15, 0.2) is 42.5 Å². The molecule has 1 aromatic heterocycles. The maximum atomic E-state index is 12.3. The highest BCUT2D eigenvalue weighted by atomic mass is 35.5. The molecule has 3 aromatic rings. The number of ether oxygens (including phenoxy) is 1. The summed E-state index contributed by atoms with van der Waals surface area (Å²) in [6, 6.07) is 11.5. The van der Waals surface area contributed by atoms with Crippen LogP contribution in [0.5, 0.6) is 0 Å². The van der Waals surface area contributed by atoms with Gasteiger partial charge in [-0.2, -0.15) is 11.8 Å². The number of nitrogens with one attached hydrogen (secondary N) is 1. The number of benzene rings is 2. The lowest BCUT2D eigenvalue weighted by Crippen LogP contribution is -2.33. The Bertz CT molecular complexity index is 1020. The molecule has 28 heavy (non-hydrogen) atoms. The molecule has 0 bridgehead atoms. The first-order valence-corrected chi connectivity index (χ1v) is 9.60. The number of anilines is 1. The third-order valence-electron chi connectivity index (χ3n) is 4.17. The van der Waals surface area contributed by atoms with Crippen molar-refractivity contribution in [3.63, 3.8) is 0 Å². The zero-order chi connectivity index (χ0) is 19.4. The van der Waals surface area contributed by atoms with Crippen molar-refractivity contribution < 1.29 is 14.5 Å². The second-order valence-electron chi connectivity index (χ2n) is 5.81. The normalized spacial score (nSPS) is 11.6. The van der Waals surface area contributed by atoms with Gasteiger partial charge in [0.2, 0.25) is 0 Å². The van der Waals surface area contributed by atoms with E-state index in [-0.39, 0.29) is 18.1 Å². The molecule has 0 saturated heterocycles. The predicted molar refractivity (Wildman–Crippen MR) is 116 cm³/mol. The van der Waals surface area contributed by atoms with E-state index >= 15 is 0 Å². The summed E-state index contributed by atoms with van der Waals surface area (Å²) in [5, 5.41) is 15.9. The number of rotatable bonds is 7. The van der Waals surface area contributed by atoms with E-state index in [1.165, 1.54) is 13.2 Å². The Hall–Kier alpha value is -2.58. The van der Waals surface area contributed by atoms with E-state index in [9.17, 15) is 14.9 Å². The molecule has 0 amide bonds. The van der Waals surface area contributed by atoms with E-state index in [0.29, 0.717) is 27.9 Å². The van der Waals surface area contributed by atoms with E-state index in [4.69, 9.17) is 4.74 Å². The largest absolute Gasteiger partial charge is 0.467 e. The molecular weight excluding hydrogens is 402 g/mol. The molecule has 1 N–H and O–H groups in total. The van der Waals surface area contributed by atoms with Gasteiger partial charge < -0.3 is 10.1 Å². The number of nitrogens with zero attached hydrogens (tertiary/aromatic N) is 2. The number of methoxy groups -OCH3 is 1. The van der Waals surface area contributed by atoms with E-state index in [1.807, 2.05) is 31.2 Å². The summed E-state index contributed by atoms with van der Waals surface area (Å²) in [6.45, 7) is 2.00. The van der Waals surface area contributed by atoms with Crippen molar-refractivity contribution in [3.8, 4) is 0 Å². The maximum absolute atomic E-state index is 12.3. The molecule has 0 radical (unpaired) electrons. The fraction of sp³-hybridized carbons (Fsp3) is 0.263. The van der Waals surface area contributed by atoms with Crippen LogP contribution in [0.2, 0.25) is 0 Å². The number of para-hydroxylation sites is 1. The molecule has 9 heteroatoms. The molecular formula is C19H20ClN3O4S. The van der Waals surface area contributed by atoms with Gasteiger partial charge in [0, 0.05) is 17.2 Å². The molecule has 0 spiro atoms. The zero-order valence-electron chi connectivity index (χ0n) is 15.4. The predicted octanol–water partition coefficient (Wildman–Crippen LogP) is 4.42. The number of aromatic nitrogens is 1. The third kappa shape index (κ3) is 4.28. The highest BCUT2D eigenvalue weighted by Gasteiger charge is 2.24. The number of fused-ring (bicyclic) bond motifs is 2. The van der Waals surface area contributed by atoms with E-state index < -0.39 is 16.9 Å². The first kappa shape index (κ1) is 21.7. The van der Waals surface area contributed by atoms with Crippen LogP contribution in [0, 0.1) is 10.1 Å². The first-order valence-electron chi connectivity index (χ1n) is 8.44.